The van der Waals surface area contributed by atoms with Crippen LogP contribution in [0, 0.1) is 6.92 Å². The third kappa shape index (κ3) is 2.90. The minimum absolute atomic E-state index is 0.0372. The molecule has 2 aromatic rings. The lowest BCUT2D eigenvalue weighted by molar-refractivity contribution is 0.0935. The Morgan fingerprint density at radius 1 is 1.29 bits per heavy atom. The van der Waals surface area contributed by atoms with E-state index in [1.54, 1.807) is 12.1 Å². The zero-order chi connectivity index (χ0) is 14.8. The first-order valence-corrected chi connectivity index (χ1v) is 8.02. The number of benzene rings is 2. The molecule has 3 nitrogen and oxygen atoms in total. The Morgan fingerprint density at radius 2 is 2.10 bits per heavy atom. The van der Waals surface area contributed by atoms with Crippen molar-refractivity contribution in [1.82, 2.24) is 5.32 Å². The molecule has 3 rings (SSSR count). The van der Waals surface area contributed by atoms with Crippen molar-refractivity contribution in [2.45, 2.75) is 24.3 Å². The van der Waals surface area contributed by atoms with E-state index in [1.807, 2.05) is 36.9 Å². The van der Waals surface area contributed by atoms with E-state index in [9.17, 15) is 4.79 Å². The van der Waals surface area contributed by atoms with Gasteiger partial charge in [0.15, 0.2) is 0 Å². The molecule has 1 atom stereocenters. The van der Waals surface area contributed by atoms with Gasteiger partial charge in [0.1, 0.15) is 0 Å². The number of nitrogen functional groups attached to an aromatic ring is 1. The molecular weight excluding hydrogens is 280 g/mol. The predicted molar refractivity (Wildman–Crippen MR) is 87.6 cm³/mol. The Bertz CT molecular complexity index is 684. The molecule has 1 unspecified atom stereocenters. The van der Waals surface area contributed by atoms with E-state index in [1.165, 1.54) is 10.5 Å². The maximum atomic E-state index is 12.4. The average molecular weight is 298 g/mol. The Morgan fingerprint density at radius 3 is 2.90 bits per heavy atom. The highest BCUT2D eigenvalue weighted by molar-refractivity contribution is 7.99. The van der Waals surface area contributed by atoms with Crippen molar-refractivity contribution >= 4 is 23.4 Å². The van der Waals surface area contributed by atoms with E-state index in [2.05, 4.69) is 17.4 Å². The van der Waals surface area contributed by atoms with Crippen LogP contribution in [0.2, 0.25) is 0 Å². The summed E-state index contributed by atoms with van der Waals surface area (Å²) in [5.74, 6) is 0.993. The lowest BCUT2D eigenvalue weighted by Crippen LogP contribution is -2.30. The van der Waals surface area contributed by atoms with Gasteiger partial charge in [-0.15, -0.1) is 11.8 Å². The first-order valence-electron chi connectivity index (χ1n) is 7.04. The second kappa shape index (κ2) is 5.82. The molecule has 108 valence electrons. The summed E-state index contributed by atoms with van der Waals surface area (Å²) in [4.78, 5) is 13.7. The highest BCUT2D eigenvalue weighted by Crippen LogP contribution is 2.35. The fourth-order valence-corrected chi connectivity index (χ4v) is 3.68. The number of hydrogen-bond acceptors (Lipinski definition) is 3. The first-order chi connectivity index (χ1) is 10.1. The molecular formula is C17H18N2OS. The van der Waals surface area contributed by atoms with Crippen LogP contribution in [0.3, 0.4) is 0 Å². The average Bonchev–Trinajstić information content (AvgIpc) is 2.50. The minimum atomic E-state index is -0.0372. The molecule has 1 aliphatic heterocycles. The molecule has 0 radical (unpaired) electrons. The number of anilines is 1. The number of aryl methyl sites for hydroxylation is 1. The summed E-state index contributed by atoms with van der Waals surface area (Å²) in [6, 6.07) is 13.8. The Labute approximate surface area is 128 Å². The highest BCUT2D eigenvalue weighted by Gasteiger charge is 2.22. The van der Waals surface area contributed by atoms with Gasteiger partial charge in [-0.05, 0) is 48.7 Å². The molecule has 3 N–H and O–H groups in total. The van der Waals surface area contributed by atoms with Crippen LogP contribution in [-0.2, 0) is 0 Å². The van der Waals surface area contributed by atoms with Gasteiger partial charge in [-0.25, -0.2) is 0 Å². The van der Waals surface area contributed by atoms with Gasteiger partial charge >= 0.3 is 0 Å². The van der Waals surface area contributed by atoms with E-state index < -0.39 is 0 Å². The number of thioether (sulfide) groups is 1. The molecule has 1 aliphatic rings. The monoisotopic (exact) mass is 298 g/mol. The molecule has 2 aromatic carbocycles. The number of fused-ring (bicyclic) bond motifs is 1. The molecule has 0 bridgehead atoms. The van der Waals surface area contributed by atoms with Gasteiger partial charge in [0.2, 0.25) is 0 Å². The summed E-state index contributed by atoms with van der Waals surface area (Å²) in [6.45, 7) is 1.92. The normalized spacial score (nSPS) is 17.1. The van der Waals surface area contributed by atoms with Crippen LogP contribution in [0.25, 0.3) is 0 Å². The third-order valence-corrected chi connectivity index (χ3v) is 4.92. The summed E-state index contributed by atoms with van der Waals surface area (Å²) in [7, 11) is 0. The van der Waals surface area contributed by atoms with Crippen molar-refractivity contribution in [1.29, 1.82) is 0 Å². The quantitative estimate of drug-likeness (QED) is 0.834. The molecule has 4 heteroatoms. The van der Waals surface area contributed by atoms with Crippen LogP contribution in [-0.4, -0.2) is 11.7 Å². The molecule has 21 heavy (non-hydrogen) atoms. The van der Waals surface area contributed by atoms with Gasteiger partial charge in [0, 0.05) is 21.9 Å². The lowest BCUT2D eigenvalue weighted by Gasteiger charge is -2.26. The second-order valence-corrected chi connectivity index (χ2v) is 6.41. The number of nitrogens with two attached hydrogens (primary N) is 1. The first kappa shape index (κ1) is 14.0. The van der Waals surface area contributed by atoms with Crippen molar-refractivity contribution in [3.05, 3.63) is 59.2 Å². The molecule has 0 spiro atoms. The van der Waals surface area contributed by atoms with Crippen molar-refractivity contribution in [2.75, 3.05) is 11.5 Å². The maximum absolute atomic E-state index is 12.4. The molecule has 0 saturated carbocycles. The Kier molecular flexibility index (Phi) is 3.88. The number of nitrogens with one attached hydrogen (secondary N) is 1. The SMILES string of the molecule is Cc1cc(C(=O)NC2CCSc3ccccc32)ccc1N. The van der Waals surface area contributed by atoms with Crippen molar-refractivity contribution in [2.24, 2.45) is 0 Å². The number of rotatable bonds is 2. The van der Waals surface area contributed by atoms with E-state index in [0.29, 0.717) is 11.3 Å². The molecule has 1 amide bonds. The van der Waals surface area contributed by atoms with Crippen LogP contribution < -0.4 is 11.1 Å². The fourth-order valence-electron chi connectivity index (χ4n) is 2.55. The van der Waals surface area contributed by atoms with Crippen LogP contribution in [0.1, 0.15) is 33.9 Å². The fraction of sp³-hybridized carbons (Fsp3) is 0.235. The summed E-state index contributed by atoms with van der Waals surface area (Å²) in [6.07, 6.45) is 0.960. The standard InChI is InChI=1S/C17H18N2OS/c1-11-10-12(6-7-14(11)18)17(20)19-15-8-9-21-16-5-3-2-4-13(15)16/h2-7,10,15H,8-9,18H2,1H3,(H,19,20). The van der Waals surface area contributed by atoms with Crippen LogP contribution in [0.5, 0.6) is 0 Å². The lowest BCUT2D eigenvalue weighted by atomic mass is 10.0. The number of amides is 1. The van der Waals surface area contributed by atoms with Crippen LogP contribution in [0.15, 0.2) is 47.4 Å². The molecule has 0 aliphatic carbocycles. The molecule has 1 heterocycles. The smallest absolute Gasteiger partial charge is 0.251 e. The van der Waals surface area contributed by atoms with Gasteiger partial charge in [0.25, 0.3) is 5.91 Å². The van der Waals surface area contributed by atoms with Gasteiger partial charge in [-0.1, -0.05) is 18.2 Å². The number of hydrogen-bond donors (Lipinski definition) is 2. The molecule has 0 fully saturated rings. The van der Waals surface area contributed by atoms with Gasteiger partial charge in [-0.3, -0.25) is 4.79 Å². The third-order valence-electron chi connectivity index (χ3n) is 3.80. The Balaban J connectivity index is 1.81. The van der Waals surface area contributed by atoms with E-state index in [0.717, 1.165) is 17.7 Å². The number of carbonyl (C=O) groups is 1. The van der Waals surface area contributed by atoms with E-state index in [-0.39, 0.29) is 11.9 Å². The maximum Gasteiger partial charge on any atom is 0.251 e. The zero-order valence-electron chi connectivity index (χ0n) is 11.9. The van der Waals surface area contributed by atoms with Crippen molar-refractivity contribution < 1.29 is 4.79 Å². The van der Waals surface area contributed by atoms with Crippen LogP contribution in [0.4, 0.5) is 5.69 Å². The summed E-state index contributed by atoms with van der Waals surface area (Å²) < 4.78 is 0. The second-order valence-electron chi connectivity index (χ2n) is 5.27. The predicted octanol–water partition coefficient (Wildman–Crippen LogP) is 3.54. The van der Waals surface area contributed by atoms with Crippen molar-refractivity contribution in [3.8, 4) is 0 Å². The summed E-state index contributed by atoms with van der Waals surface area (Å²) in [5, 5.41) is 3.14. The number of carbonyl (C=O) groups excluding carboxylic acids is 1. The largest absolute Gasteiger partial charge is 0.399 e. The molecule has 0 aromatic heterocycles. The van der Waals surface area contributed by atoms with Gasteiger partial charge < -0.3 is 11.1 Å². The summed E-state index contributed by atoms with van der Waals surface area (Å²) >= 11 is 1.85. The summed E-state index contributed by atoms with van der Waals surface area (Å²) in [5.41, 5.74) is 9.33. The van der Waals surface area contributed by atoms with Crippen LogP contribution >= 0.6 is 11.8 Å². The van der Waals surface area contributed by atoms with Gasteiger partial charge in [0.05, 0.1) is 6.04 Å². The van der Waals surface area contributed by atoms with Crippen molar-refractivity contribution in [3.63, 3.8) is 0 Å². The zero-order valence-corrected chi connectivity index (χ0v) is 12.7. The van der Waals surface area contributed by atoms with Gasteiger partial charge in [-0.2, -0.15) is 0 Å². The molecule has 0 saturated heterocycles. The topological polar surface area (TPSA) is 55.1 Å². The minimum Gasteiger partial charge on any atom is -0.399 e. The van der Waals surface area contributed by atoms with E-state index >= 15 is 0 Å². The highest BCUT2D eigenvalue weighted by atomic mass is 32.2. The Hall–Kier alpha value is -1.94. The van der Waals surface area contributed by atoms with E-state index in [4.69, 9.17) is 5.73 Å².